The molecule has 1 N–H and O–H groups in total. The number of benzene rings is 1. The van der Waals surface area contributed by atoms with Crippen LogP contribution >= 0.6 is 11.6 Å². The van der Waals surface area contributed by atoms with Gasteiger partial charge in [-0.05, 0) is 45.2 Å². The molecule has 2 rings (SSSR count). The molecule has 160 valence electrons. The second-order valence-electron chi connectivity index (χ2n) is 8.13. The number of rotatable bonds is 5. The van der Waals surface area contributed by atoms with E-state index in [0.29, 0.717) is 30.0 Å². The predicted octanol–water partition coefficient (Wildman–Crippen LogP) is 3.71. The highest BCUT2D eigenvalue weighted by Gasteiger charge is 2.32. The summed E-state index contributed by atoms with van der Waals surface area (Å²) in [6, 6.07) is 6.44. The second kappa shape index (κ2) is 9.96. The summed E-state index contributed by atoms with van der Waals surface area (Å²) in [5.41, 5.74) is 0.0508. The maximum absolute atomic E-state index is 12.9. The third-order valence-electron chi connectivity index (χ3n) is 4.64. The van der Waals surface area contributed by atoms with Crippen molar-refractivity contribution in [2.75, 3.05) is 20.2 Å². The Morgan fingerprint density at radius 2 is 1.97 bits per heavy atom. The highest BCUT2D eigenvalue weighted by atomic mass is 35.5. The van der Waals surface area contributed by atoms with Gasteiger partial charge in [-0.1, -0.05) is 29.8 Å². The van der Waals surface area contributed by atoms with Crippen LogP contribution in [0.4, 0.5) is 4.79 Å². The number of hydrogen-bond acceptors (Lipinski definition) is 5. The molecule has 0 bridgehead atoms. The number of nitrogens with one attached hydrogen (secondary N) is 1. The van der Waals surface area contributed by atoms with E-state index in [1.54, 1.807) is 49.9 Å². The normalized spacial score (nSPS) is 18.0. The highest BCUT2D eigenvalue weighted by Crippen LogP contribution is 2.27. The van der Waals surface area contributed by atoms with Crippen molar-refractivity contribution in [2.24, 2.45) is 5.92 Å². The Bertz CT molecular complexity index is 747. The number of amides is 2. The van der Waals surface area contributed by atoms with Crippen molar-refractivity contribution in [2.45, 2.75) is 51.7 Å². The third-order valence-corrected chi connectivity index (χ3v) is 4.98. The molecular weight excluding hydrogens is 396 g/mol. The summed E-state index contributed by atoms with van der Waals surface area (Å²) in [4.78, 5) is 38.7. The predicted molar refractivity (Wildman–Crippen MR) is 109 cm³/mol. The van der Waals surface area contributed by atoms with Crippen LogP contribution in [0.2, 0.25) is 5.02 Å². The molecule has 2 unspecified atom stereocenters. The van der Waals surface area contributed by atoms with Crippen molar-refractivity contribution in [1.29, 1.82) is 0 Å². The number of likely N-dealkylation sites (tertiary alicyclic amines) is 1. The minimum Gasteiger partial charge on any atom is -0.469 e. The van der Waals surface area contributed by atoms with E-state index in [2.05, 4.69) is 5.32 Å². The number of halogens is 1. The van der Waals surface area contributed by atoms with Crippen LogP contribution in [0.15, 0.2) is 24.3 Å². The smallest absolute Gasteiger partial charge is 0.410 e. The molecule has 1 aliphatic heterocycles. The Morgan fingerprint density at radius 3 is 2.59 bits per heavy atom. The molecule has 0 aliphatic carbocycles. The van der Waals surface area contributed by atoms with Gasteiger partial charge in [-0.3, -0.25) is 9.59 Å². The van der Waals surface area contributed by atoms with Gasteiger partial charge in [0.05, 0.1) is 25.5 Å². The number of nitrogens with zero attached hydrogens (tertiary/aromatic N) is 1. The average Bonchev–Trinajstić information content (AvgIpc) is 2.66. The molecule has 0 radical (unpaired) electrons. The van der Waals surface area contributed by atoms with E-state index in [1.807, 2.05) is 0 Å². The summed E-state index contributed by atoms with van der Waals surface area (Å²) in [6.07, 6.45) is 0.894. The number of ether oxygens (including phenoxy) is 2. The SMILES string of the molecule is COC(=O)CC(NC(=O)C1CCCN(C(=O)OC(C)(C)C)C1)c1ccccc1Cl. The van der Waals surface area contributed by atoms with Crippen LogP contribution in [0.3, 0.4) is 0 Å². The molecule has 2 amide bonds. The van der Waals surface area contributed by atoms with Crippen LogP contribution in [0, 0.1) is 5.92 Å². The Kier molecular flexibility index (Phi) is 7.90. The molecule has 0 aromatic heterocycles. The van der Waals surface area contributed by atoms with Gasteiger partial charge >= 0.3 is 12.1 Å². The molecule has 1 aromatic carbocycles. The number of hydrogen-bond donors (Lipinski definition) is 1. The zero-order valence-corrected chi connectivity index (χ0v) is 18.1. The summed E-state index contributed by atoms with van der Waals surface area (Å²) < 4.78 is 10.2. The van der Waals surface area contributed by atoms with Crippen molar-refractivity contribution < 1.29 is 23.9 Å². The maximum atomic E-state index is 12.9. The van der Waals surface area contributed by atoms with Crippen molar-refractivity contribution in [3.63, 3.8) is 0 Å². The van der Waals surface area contributed by atoms with E-state index in [1.165, 1.54) is 7.11 Å². The Morgan fingerprint density at radius 1 is 1.28 bits per heavy atom. The second-order valence-corrected chi connectivity index (χ2v) is 8.54. The van der Waals surface area contributed by atoms with Gasteiger partial charge in [0, 0.05) is 18.1 Å². The van der Waals surface area contributed by atoms with Gasteiger partial charge in [0.2, 0.25) is 5.91 Å². The Balaban J connectivity index is 2.09. The van der Waals surface area contributed by atoms with Crippen molar-refractivity contribution in [3.8, 4) is 0 Å². The molecule has 0 spiro atoms. The van der Waals surface area contributed by atoms with E-state index in [0.717, 1.165) is 0 Å². The van der Waals surface area contributed by atoms with Gasteiger partial charge in [0.1, 0.15) is 5.60 Å². The number of methoxy groups -OCH3 is 1. The fraction of sp³-hybridized carbons (Fsp3) is 0.571. The lowest BCUT2D eigenvalue weighted by Gasteiger charge is -2.34. The van der Waals surface area contributed by atoms with Gasteiger partial charge in [0.15, 0.2) is 0 Å². The first-order chi connectivity index (χ1) is 13.6. The summed E-state index contributed by atoms with van der Waals surface area (Å²) >= 11 is 6.27. The molecule has 7 nitrogen and oxygen atoms in total. The summed E-state index contributed by atoms with van der Waals surface area (Å²) in [5, 5.41) is 3.37. The molecule has 1 aromatic rings. The Hall–Kier alpha value is -2.28. The van der Waals surface area contributed by atoms with Gasteiger partial charge < -0.3 is 19.7 Å². The van der Waals surface area contributed by atoms with E-state index in [9.17, 15) is 14.4 Å². The molecule has 8 heteroatoms. The fourth-order valence-electron chi connectivity index (χ4n) is 3.22. The third kappa shape index (κ3) is 6.92. The number of carbonyl (C=O) groups is 3. The zero-order valence-electron chi connectivity index (χ0n) is 17.4. The first kappa shape index (κ1) is 23.0. The maximum Gasteiger partial charge on any atom is 0.410 e. The van der Waals surface area contributed by atoms with Crippen LogP contribution < -0.4 is 5.32 Å². The minimum atomic E-state index is -0.611. The molecule has 1 aliphatic rings. The molecule has 29 heavy (non-hydrogen) atoms. The van der Waals surface area contributed by atoms with Crippen LogP contribution in [0.25, 0.3) is 0 Å². The lowest BCUT2D eigenvalue weighted by molar-refractivity contribution is -0.141. The number of piperidine rings is 1. The van der Waals surface area contributed by atoms with E-state index < -0.39 is 23.7 Å². The summed E-state index contributed by atoms with van der Waals surface area (Å²) in [5.74, 6) is -1.07. The van der Waals surface area contributed by atoms with Crippen LogP contribution in [0.1, 0.15) is 51.6 Å². The monoisotopic (exact) mass is 424 g/mol. The summed E-state index contributed by atoms with van der Waals surface area (Å²) in [7, 11) is 1.30. The summed E-state index contributed by atoms with van der Waals surface area (Å²) in [6.45, 7) is 6.24. The quantitative estimate of drug-likeness (QED) is 0.728. The van der Waals surface area contributed by atoms with E-state index in [-0.39, 0.29) is 24.8 Å². The van der Waals surface area contributed by atoms with Crippen LogP contribution in [-0.2, 0) is 19.1 Å². The van der Waals surface area contributed by atoms with Crippen molar-refractivity contribution in [3.05, 3.63) is 34.9 Å². The molecule has 1 heterocycles. The van der Waals surface area contributed by atoms with E-state index in [4.69, 9.17) is 21.1 Å². The minimum absolute atomic E-state index is 0.0333. The molecule has 2 atom stereocenters. The molecule has 0 saturated carbocycles. The van der Waals surface area contributed by atoms with Gasteiger partial charge in [-0.2, -0.15) is 0 Å². The van der Waals surface area contributed by atoms with Crippen molar-refractivity contribution in [1.82, 2.24) is 10.2 Å². The largest absolute Gasteiger partial charge is 0.469 e. The van der Waals surface area contributed by atoms with E-state index >= 15 is 0 Å². The van der Waals surface area contributed by atoms with Crippen molar-refractivity contribution >= 4 is 29.6 Å². The first-order valence-corrected chi connectivity index (χ1v) is 10.1. The lowest BCUT2D eigenvalue weighted by atomic mass is 9.95. The highest BCUT2D eigenvalue weighted by molar-refractivity contribution is 6.31. The first-order valence-electron chi connectivity index (χ1n) is 9.70. The van der Waals surface area contributed by atoms with Gasteiger partial charge in [0.25, 0.3) is 0 Å². The fourth-order valence-corrected chi connectivity index (χ4v) is 3.49. The number of carbonyl (C=O) groups excluding carboxylic acids is 3. The van der Waals surface area contributed by atoms with Gasteiger partial charge in [-0.25, -0.2) is 4.79 Å². The molecule has 1 saturated heterocycles. The number of esters is 1. The molecular formula is C21H29ClN2O5. The molecule has 1 fully saturated rings. The Labute approximate surface area is 176 Å². The standard InChI is InChI=1S/C21H29ClN2O5/c1-21(2,3)29-20(27)24-11-7-8-14(13-24)19(26)23-17(12-18(25)28-4)15-9-5-6-10-16(15)22/h5-6,9-10,14,17H,7-8,11-13H2,1-4H3,(H,23,26). The van der Waals surface area contributed by atoms with Crippen LogP contribution in [0.5, 0.6) is 0 Å². The zero-order chi connectivity index (χ0) is 21.6. The lowest BCUT2D eigenvalue weighted by Crippen LogP contribution is -2.47. The topological polar surface area (TPSA) is 84.9 Å². The van der Waals surface area contributed by atoms with Crippen LogP contribution in [-0.4, -0.2) is 48.7 Å². The van der Waals surface area contributed by atoms with Gasteiger partial charge in [-0.15, -0.1) is 0 Å². The average molecular weight is 425 g/mol.